The Morgan fingerprint density at radius 1 is 1.03 bits per heavy atom. The third-order valence-corrected chi connectivity index (χ3v) is 6.20. The van der Waals surface area contributed by atoms with Crippen LogP contribution in [0.4, 0.5) is 5.00 Å². The monoisotopic (exact) mass is 451 g/mol. The number of anilines is 1. The number of rotatable bonds is 10. The molecule has 0 aliphatic heterocycles. The molecule has 0 spiro atoms. The number of esters is 2. The molecule has 9 heteroatoms. The van der Waals surface area contributed by atoms with Crippen molar-refractivity contribution in [2.75, 3.05) is 31.4 Å². The number of hydrogen-bond acceptors (Lipinski definition) is 8. The number of methoxy groups -OCH3 is 1. The Hall–Kier alpha value is -2.52. The first-order chi connectivity index (χ1) is 14.4. The summed E-state index contributed by atoms with van der Waals surface area (Å²) in [4.78, 5) is 38.3. The van der Waals surface area contributed by atoms with E-state index >= 15 is 0 Å². The van der Waals surface area contributed by atoms with Crippen LogP contribution in [-0.4, -0.2) is 43.9 Å². The van der Waals surface area contributed by atoms with E-state index in [4.69, 9.17) is 14.2 Å². The molecule has 0 bridgehead atoms. The number of amides is 1. The van der Waals surface area contributed by atoms with Gasteiger partial charge in [0.1, 0.15) is 15.6 Å². The molecule has 0 aliphatic rings. The first kappa shape index (κ1) is 23.8. The van der Waals surface area contributed by atoms with Gasteiger partial charge in [-0.15, -0.1) is 23.1 Å². The summed E-state index contributed by atoms with van der Waals surface area (Å²) in [7, 11) is 1.61. The van der Waals surface area contributed by atoms with Crippen LogP contribution in [-0.2, 0) is 14.3 Å². The molecule has 0 radical (unpaired) electrons. The maximum atomic E-state index is 12.4. The summed E-state index contributed by atoms with van der Waals surface area (Å²) >= 11 is 2.56. The highest BCUT2D eigenvalue weighted by Gasteiger charge is 2.27. The van der Waals surface area contributed by atoms with E-state index in [2.05, 4.69) is 5.32 Å². The molecular weight excluding hydrogens is 426 g/mol. The largest absolute Gasteiger partial charge is 0.497 e. The highest BCUT2D eigenvalue weighted by atomic mass is 32.2. The Morgan fingerprint density at radius 2 is 1.67 bits per heavy atom. The molecule has 0 saturated heterocycles. The van der Waals surface area contributed by atoms with Gasteiger partial charge in [0.05, 0.1) is 25.9 Å². The average Bonchev–Trinajstić information content (AvgIpc) is 3.04. The van der Waals surface area contributed by atoms with Crippen molar-refractivity contribution < 1.29 is 28.6 Å². The molecular formula is C21H25NO6S2. The number of ether oxygens (including phenoxy) is 3. The van der Waals surface area contributed by atoms with Crippen LogP contribution < -0.4 is 10.1 Å². The summed E-state index contributed by atoms with van der Waals surface area (Å²) in [6.07, 6.45) is 0.241. The van der Waals surface area contributed by atoms with Gasteiger partial charge in [0.2, 0.25) is 5.91 Å². The van der Waals surface area contributed by atoms with E-state index < -0.39 is 11.9 Å². The van der Waals surface area contributed by atoms with E-state index in [0.29, 0.717) is 16.3 Å². The van der Waals surface area contributed by atoms with Crippen molar-refractivity contribution in [2.45, 2.75) is 32.1 Å². The van der Waals surface area contributed by atoms with E-state index in [0.717, 1.165) is 22.0 Å². The van der Waals surface area contributed by atoms with E-state index in [-0.39, 0.29) is 36.0 Å². The second-order valence-corrected chi connectivity index (χ2v) is 8.21. The third kappa shape index (κ3) is 6.24. The van der Waals surface area contributed by atoms with Gasteiger partial charge in [-0.1, -0.05) is 0 Å². The van der Waals surface area contributed by atoms with Crippen LogP contribution in [0.5, 0.6) is 5.75 Å². The lowest BCUT2D eigenvalue weighted by molar-refractivity contribution is -0.115. The van der Waals surface area contributed by atoms with Gasteiger partial charge in [-0.3, -0.25) is 4.79 Å². The molecule has 2 aromatic rings. The summed E-state index contributed by atoms with van der Waals surface area (Å²) < 4.78 is 15.3. The third-order valence-electron chi connectivity index (χ3n) is 4.00. The minimum absolute atomic E-state index is 0.189. The fourth-order valence-electron chi connectivity index (χ4n) is 2.56. The Kier molecular flexibility index (Phi) is 9.19. The molecule has 1 heterocycles. The number of carbonyl (C=O) groups excluding carboxylic acids is 3. The van der Waals surface area contributed by atoms with Crippen molar-refractivity contribution in [3.05, 3.63) is 40.3 Å². The summed E-state index contributed by atoms with van der Waals surface area (Å²) in [6, 6.07) is 7.57. The van der Waals surface area contributed by atoms with Crippen molar-refractivity contribution in [1.82, 2.24) is 0 Å². The van der Waals surface area contributed by atoms with Crippen molar-refractivity contribution in [3.8, 4) is 5.75 Å². The number of nitrogens with one attached hydrogen (secondary N) is 1. The number of carbonyl (C=O) groups is 3. The molecule has 1 amide bonds. The molecule has 0 unspecified atom stereocenters. The lowest BCUT2D eigenvalue weighted by Gasteiger charge is -2.07. The van der Waals surface area contributed by atoms with E-state index in [9.17, 15) is 14.4 Å². The molecule has 1 aromatic carbocycles. The molecule has 30 heavy (non-hydrogen) atoms. The van der Waals surface area contributed by atoms with Gasteiger partial charge >= 0.3 is 11.9 Å². The topological polar surface area (TPSA) is 90.9 Å². The van der Waals surface area contributed by atoms with Crippen LogP contribution in [0.2, 0.25) is 0 Å². The second kappa shape index (κ2) is 11.6. The highest BCUT2D eigenvalue weighted by molar-refractivity contribution is 7.99. The van der Waals surface area contributed by atoms with Crippen LogP contribution in [0.3, 0.4) is 0 Å². The number of benzene rings is 1. The van der Waals surface area contributed by atoms with Crippen LogP contribution >= 0.6 is 23.1 Å². The normalized spacial score (nSPS) is 10.4. The summed E-state index contributed by atoms with van der Waals surface area (Å²) in [6.45, 7) is 5.45. The van der Waals surface area contributed by atoms with Gasteiger partial charge in [-0.05, 0) is 50.6 Å². The number of hydrogen-bond donors (Lipinski definition) is 1. The van der Waals surface area contributed by atoms with Crippen LogP contribution in [0, 0.1) is 6.92 Å². The first-order valence-corrected chi connectivity index (χ1v) is 11.3. The molecule has 0 aliphatic carbocycles. The molecule has 1 aromatic heterocycles. The van der Waals surface area contributed by atoms with Crippen LogP contribution in [0.25, 0.3) is 0 Å². The Balaban J connectivity index is 2.07. The maximum absolute atomic E-state index is 12.4. The standard InChI is InChI=1S/C21H25NO6S2/c1-5-27-20(24)17-13(3)18(21(25)28-6-2)30-19(17)22-16(23)11-12-29-15-9-7-14(26-4)8-10-15/h7-10H,5-6,11-12H2,1-4H3,(H,22,23). The Labute approximate surface area is 184 Å². The van der Waals surface area contributed by atoms with Gasteiger partial charge in [-0.25, -0.2) is 9.59 Å². The summed E-state index contributed by atoms with van der Waals surface area (Å²) in [5.74, 6) is -0.0276. The SMILES string of the molecule is CCOC(=O)c1sc(NC(=O)CCSc2ccc(OC)cc2)c(C(=O)OCC)c1C. The van der Waals surface area contributed by atoms with Gasteiger partial charge in [0.25, 0.3) is 0 Å². The molecule has 2 rings (SSSR count). The Bertz CT molecular complexity index is 892. The van der Waals surface area contributed by atoms with Gasteiger partial charge < -0.3 is 19.5 Å². The zero-order valence-electron chi connectivity index (χ0n) is 17.4. The lowest BCUT2D eigenvalue weighted by atomic mass is 10.1. The molecule has 1 N–H and O–H groups in total. The van der Waals surface area contributed by atoms with E-state index in [1.807, 2.05) is 24.3 Å². The van der Waals surface area contributed by atoms with Crippen molar-refractivity contribution in [1.29, 1.82) is 0 Å². The predicted octanol–water partition coefficient (Wildman–Crippen LogP) is 4.54. The smallest absolute Gasteiger partial charge is 0.348 e. The number of thioether (sulfide) groups is 1. The quantitative estimate of drug-likeness (QED) is 0.419. The van der Waals surface area contributed by atoms with Crippen LogP contribution in [0.15, 0.2) is 29.2 Å². The van der Waals surface area contributed by atoms with Gasteiger partial charge in [0, 0.05) is 17.1 Å². The van der Waals surface area contributed by atoms with E-state index in [1.54, 1.807) is 27.9 Å². The van der Waals surface area contributed by atoms with Crippen molar-refractivity contribution in [3.63, 3.8) is 0 Å². The lowest BCUT2D eigenvalue weighted by Crippen LogP contribution is -2.15. The van der Waals surface area contributed by atoms with Crippen molar-refractivity contribution >= 4 is 45.9 Å². The zero-order valence-corrected chi connectivity index (χ0v) is 19.0. The fourth-order valence-corrected chi connectivity index (χ4v) is 4.52. The summed E-state index contributed by atoms with van der Waals surface area (Å²) in [5, 5.41) is 3.05. The average molecular weight is 452 g/mol. The Morgan fingerprint density at radius 3 is 2.27 bits per heavy atom. The van der Waals surface area contributed by atoms with Crippen molar-refractivity contribution in [2.24, 2.45) is 0 Å². The maximum Gasteiger partial charge on any atom is 0.348 e. The molecule has 0 fully saturated rings. The van der Waals surface area contributed by atoms with Crippen LogP contribution in [0.1, 0.15) is 45.9 Å². The first-order valence-electron chi connectivity index (χ1n) is 9.45. The van der Waals surface area contributed by atoms with E-state index in [1.165, 1.54) is 11.8 Å². The zero-order chi connectivity index (χ0) is 22.1. The second-order valence-electron chi connectivity index (χ2n) is 6.02. The number of thiophene rings is 1. The fraction of sp³-hybridized carbons (Fsp3) is 0.381. The predicted molar refractivity (Wildman–Crippen MR) is 118 cm³/mol. The van der Waals surface area contributed by atoms with Gasteiger partial charge in [0.15, 0.2) is 0 Å². The molecule has 0 atom stereocenters. The highest BCUT2D eigenvalue weighted by Crippen LogP contribution is 2.34. The minimum atomic E-state index is -0.579. The molecule has 162 valence electrons. The minimum Gasteiger partial charge on any atom is -0.497 e. The van der Waals surface area contributed by atoms with Gasteiger partial charge in [-0.2, -0.15) is 0 Å². The summed E-state index contributed by atoms with van der Waals surface area (Å²) in [5.41, 5.74) is 0.640. The molecule has 7 nitrogen and oxygen atoms in total. The molecule has 0 saturated carbocycles.